The van der Waals surface area contributed by atoms with Crippen LogP contribution in [0.4, 0.5) is 4.79 Å². The van der Waals surface area contributed by atoms with Gasteiger partial charge in [0.15, 0.2) is 0 Å². The number of hydrogen-bond donors (Lipinski definition) is 1. The van der Waals surface area contributed by atoms with Gasteiger partial charge in [0, 0.05) is 13.1 Å². The number of hydrogen-bond acceptors (Lipinski definition) is 3. The number of aryl methyl sites for hydroxylation is 1. The van der Waals surface area contributed by atoms with Crippen LogP contribution in [-0.2, 0) is 11.2 Å². The zero-order valence-electron chi connectivity index (χ0n) is 13.8. The Morgan fingerprint density at radius 2 is 1.86 bits per heavy atom. The van der Waals surface area contributed by atoms with E-state index in [2.05, 4.69) is 5.32 Å². The van der Waals surface area contributed by atoms with Gasteiger partial charge in [-0.05, 0) is 57.7 Å². The first-order valence-corrected chi connectivity index (χ1v) is 7.74. The van der Waals surface area contributed by atoms with E-state index in [9.17, 15) is 4.79 Å². The van der Waals surface area contributed by atoms with Crippen LogP contribution in [0.15, 0.2) is 24.3 Å². The average Bonchev–Trinajstić information content (AvgIpc) is 2.44. The molecule has 1 amide bonds. The molecule has 0 atom stereocenters. The molecule has 5 heteroatoms. The molecule has 0 bridgehead atoms. The second-order valence-corrected chi connectivity index (χ2v) is 6.13. The van der Waals surface area contributed by atoms with Crippen molar-refractivity contribution in [3.05, 3.63) is 29.8 Å². The molecule has 0 saturated heterocycles. The molecule has 1 aromatic carbocycles. The van der Waals surface area contributed by atoms with Crippen LogP contribution in [-0.4, -0.2) is 31.4 Å². The fourth-order valence-corrected chi connectivity index (χ4v) is 1.88. The Labute approximate surface area is 133 Å². The van der Waals surface area contributed by atoms with Gasteiger partial charge in [0.25, 0.3) is 0 Å². The van der Waals surface area contributed by atoms with Gasteiger partial charge in [-0.15, -0.1) is 0 Å². The summed E-state index contributed by atoms with van der Waals surface area (Å²) in [6.07, 6.45) is 2.52. The number of carbonyl (C=O) groups is 1. The van der Waals surface area contributed by atoms with Gasteiger partial charge >= 0.3 is 6.09 Å². The van der Waals surface area contributed by atoms with E-state index < -0.39 is 5.60 Å². The topological polar surface area (TPSA) is 71.4 Å². The molecule has 0 aliphatic heterocycles. The maximum Gasteiger partial charge on any atom is 0.407 e. The maximum absolute atomic E-state index is 11.5. The molecule has 123 valence electrons. The number of amides is 1. The molecule has 0 heterocycles. The van der Waals surface area contributed by atoms with Crippen LogP contribution >= 0.6 is 0 Å². The number of carbonyl (C=O) groups excluding carboxylic acids is 1. The van der Waals surface area contributed by atoms with Crippen LogP contribution in [0.5, 0.6) is 5.75 Å². The quantitative estimate of drug-likeness (QED) is 0.750. The predicted octanol–water partition coefficient (Wildman–Crippen LogP) is 3.20. The molecule has 0 saturated carbocycles. The van der Waals surface area contributed by atoms with Crippen LogP contribution in [0.1, 0.15) is 39.2 Å². The smallest absolute Gasteiger partial charge is 0.407 e. The lowest BCUT2D eigenvalue weighted by molar-refractivity contribution is 0.0527. The summed E-state index contributed by atoms with van der Waals surface area (Å²) in [6, 6.07) is 7.95. The van der Waals surface area contributed by atoms with Gasteiger partial charge in [0.05, 0.1) is 0 Å². The predicted molar refractivity (Wildman–Crippen MR) is 87.1 cm³/mol. The molecule has 2 N–H and O–H groups in total. The van der Waals surface area contributed by atoms with E-state index in [0.29, 0.717) is 13.2 Å². The molecule has 22 heavy (non-hydrogen) atoms. The zero-order valence-corrected chi connectivity index (χ0v) is 13.8. The van der Waals surface area contributed by atoms with E-state index in [1.165, 1.54) is 5.56 Å². The number of ether oxygens (including phenoxy) is 2. The molecule has 0 spiro atoms. The Bertz CT molecular complexity index is 438. The second kappa shape index (κ2) is 9.30. The molecule has 5 nitrogen and oxygen atoms in total. The van der Waals surface area contributed by atoms with Crippen LogP contribution < -0.4 is 15.8 Å². The minimum absolute atomic E-state index is 0.270. The average molecular weight is 307 g/mol. The van der Waals surface area contributed by atoms with E-state index in [1.54, 1.807) is 0 Å². The highest BCUT2D eigenvalue weighted by Gasteiger charge is 2.15. The van der Waals surface area contributed by atoms with Gasteiger partial charge in [-0.3, -0.25) is 5.73 Å². The summed E-state index contributed by atoms with van der Waals surface area (Å²) in [7, 11) is 0. The summed E-state index contributed by atoms with van der Waals surface area (Å²) in [5.41, 5.74) is 7.83. The lowest BCUT2D eigenvalue weighted by atomic mass is 10.1. The van der Waals surface area contributed by atoms with E-state index in [1.807, 2.05) is 45.0 Å². The lowest BCUT2D eigenvalue weighted by Crippen LogP contribution is -2.33. The Morgan fingerprint density at radius 3 is 2.45 bits per heavy atom. The third-order valence-electron chi connectivity index (χ3n) is 2.85. The molecular weight excluding hydrogens is 280 g/mol. The van der Waals surface area contributed by atoms with E-state index in [0.717, 1.165) is 25.0 Å². The van der Waals surface area contributed by atoms with Crippen molar-refractivity contribution in [2.45, 2.75) is 45.6 Å². The number of alkyl carbamates (subject to hydrolysis) is 1. The Kier molecular flexibility index (Phi) is 7.74. The number of nitrogens with one attached hydrogen (secondary N) is 2. The van der Waals surface area contributed by atoms with Crippen molar-refractivity contribution < 1.29 is 14.3 Å². The number of rotatable bonds is 8. The third kappa shape index (κ3) is 8.52. The maximum atomic E-state index is 11.5. The van der Waals surface area contributed by atoms with E-state index in [-0.39, 0.29) is 12.6 Å². The van der Waals surface area contributed by atoms with Gasteiger partial charge in [-0.25, -0.2) is 4.79 Å². The number of benzene rings is 1. The highest BCUT2D eigenvalue weighted by Crippen LogP contribution is 2.13. The molecule has 1 rings (SSSR count). The van der Waals surface area contributed by atoms with Crippen molar-refractivity contribution in [2.75, 3.05) is 19.7 Å². The minimum Gasteiger partial charge on any atom is -0.492 e. The number of unbranched alkanes of at least 4 members (excludes halogenated alkanes) is 1. The van der Waals surface area contributed by atoms with Crippen molar-refractivity contribution in [2.24, 2.45) is 0 Å². The van der Waals surface area contributed by atoms with Gasteiger partial charge in [0.1, 0.15) is 18.0 Å². The standard InChI is InChI=1S/C17H27N2O3/c1-17(2,3)22-16(20)19-12-5-4-6-14-7-9-15(10-8-14)21-13-11-18/h7-10,18H,4-6,11-13H2,1-3H3,(H,19,20). The van der Waals surface area contributed by atoms with Gasteiger partial charge in [0.2, 0.25) is 0 Å². The van der Waals surface area contributed by atoms with Gasteiger partial charge in [-0.2, -0.15) is 0 Å². The molecule has 0 unspecified atom stereocenters. The second-order valence-electron chi connectivity index (χ2n) is 6.13. The van der Waals surface area contributed by atoms with Crippen molar-refractivity contribution in [3.63, 3.8) is 0 Å². The molecule has 1 radical (unpaired) electrons. The minimum atomic E-state index is -0.451. The molecule has 0 fully saturated rings. The Balaban J connectivity index is 2.15. The monoisotopic (exact) mass is 307 g/mol. The van der Waals surface area contributed by atoms with Crippen LogP contribution in [0.25, 0.3) is 0 Å². The van der Waals surface area contributed by atoms with Crippen LogP contribution in [0, 0.1) is 0 Å². The fraction of sp³-hybridized carbons (Fsp3) is 0.588. The first kappa shape index (κ1) is 18.3. The van der Waals surface area contributed by atoms with Crippen LogP contribution in [0.3, 0.4) is 0 Å². The SMILES string of the molecule is CC(C)(C)OC(=O)NCCCCc1ccc(OCC[NH])cc1. The highest BCUT2D eigenvalue weighted by atomic mass is 16.6. The molecular formula is C17H27N2O3. The summed E-state index contributed by atoms with van der Waals surface area (Å²) >= 11 is 0. The van der Waals surface area contributed by atoms with Gasteiger partial charge < -0.3 is 14.8 Å². The van der Waals surface area contributed by atoms with Crippen molar-refractivity contribution >= 4 is 6.09 Å². The largest absolute Gasteiger partial charge is 0.492 e. The summed E-state index contributed by atoms with van der Waals surface area (Å²) in [6.45, 7) is 6.87. The summed E-state index contributed by atoms with van der Waals surface area (Å²) in [5, 5.41) is 2.76. The van der Waals surface area contributed by atoms with Crippen molar-refractivity contribution in [1.29, 1.82) is 0 Å². The molecule has 1 aromatic rings. The molecule has 0 aromatic heterocycles. The summed E-state index contributed by atoms with van der Waals surface area (Å²) < 4.78 is 10.5. The first-order valence-electron chi connectivity index (χ1n) is 7.74. The third-order valence-corrected chi connectivity index (χ3v) is 2.85. The molecule has 0 aliphatic carbocycles. The first-order chi connectivity index (χ1) is 10.4. The van der Waals surface area contributed by atoms with Crippen molar-refractivity contribution in [3.8, 4) is 5.75 Å². The Hall–Kier alpha value is -1.75. The summed E-state index contributed by atoms with van der Waals surface area (Å²) in [4.78, 5) is 11.5. The van der Waals surface area contributed by atoms with E-state index >= 15 is 0 Å². The van der Waals surface area contributed by atoms with Crippen LogP contribution in [0.2, 0.25) is 0 Å². The normalized spacial score (nSPS) is 11.1. The molecule has 0 aliphatic rings. The van der Waals surface area contributed by atoms with Crippen molar-refractivity contribution in [1.82, 2.24) is 11.1 Å². The zero-order chi connectivity index (χ0) is 16.4. The summed E-state index contributed by atoms with van der Waals surface area (Å²) in [5.74, 6) is 0.808. The fourth-order valence-electron chi connectivity index (χ4n) is 1.88. The highest BCUT2D eigenvalue weighted by molar-refractivity contribution is 5.67. The Morgan fingerprint density at radius 1 is 1.18 bits per heavy atom. The lowest BCUT2D eigenvalue weighted by Gasteiger charge is -2.19. The van der Waals surface area contributed by atoms with Gasteiger partial charge in [-0.1, -0.05) is 12.1 Å². The van der Waals surface area contributed by atoms with E-state index in [4.69, 9.17) is 15.2 Å².